The van der Waals surface area contributed by atoms with Gasteiger partial charge in [0.2, 0.25) is 0 Å². The number of thiazole rings is 1. The molecule has 0 saturated carbocycles. The molecule has 0 saturated heterocycles. The van der Waals surface area contributed by atoms with E-state index in [0.29, 0.717) is 54.2 Å². The summed E-state index contributed by atoms with van der Waals surface area (Å²) in [6, 6.07) is 3.60. The van der Waals surface area contributed by atoms with Crippen molar-refractivity contribution in [1.82, 2.24) is 30.6 Å². The van der Waals surface area contributed by atoms with Crippen LogP contribution in [0.4, 0.5) is 10.6 Å². The van der Waals surface area contributed by atoms with Crippen LogP contribution in [-0.2, 0) is 16.0 Å². The number of carbonyl (C=O) groups excluding carboxylic acids is 1. The molecule has 0 radical (unpaired) electrons. The number of anilines is 1. The topological polar surface area (TPSA) is 150 Å². The molecule has 3 heterocycles. The molecule has 0 unspecified atom stereocenters. The highest BCUT2D eigenvalue weighted by Crippen LogP contribution is 2.22. The van der Waals surface area contributed by atoms with Crippen LogP contribution in [0.1, 0.15) is 44.3 Å². The van der Waals surface area contributed by atoms with Crippen molar-refractivity contribution in [2.24, 2.45) is 0 Å². The van der Waals surface area contributed by atoms with Crippen molar-refractivity contribution in [3.63, 3.8) is 0 Å². The smallest absolute Gasteiger partial charge is 0.415 e. The van der Waals surface area contributed by atoms with Gasteiger partial charge in [-0.15, -0.1) is 10.2 Å². The number of tetrazole rings is 1. The van der Waals surface area contributed by atoms with Gasteiger partial charge in [0.1, 0.15) is 10.6 Å². The van der Waals surface area contributed by atoms with Gasteiger partial charge in [-0.1, -0.05) is 16.6 Å². The number of amides is 1. The molecular formula is C18H23N7O4S2. The first kappa shape index (κ1) is 22.7. The molecule has 13 heteroatoms. The molecule has 0 aliphatic rings. The van der Waals surface area contributed by atoms with Crippen molar-refractivity contribution in [1.29, 1.82) is 0 Å². The average molecular weight is 466 g/mol. The lowest BCUT2D eigenvalue weighted by Crippen LogP contribution is -2.33. The third-order valence-corrected chi connectivity index (χ3v) is 5.59. The van der Waals surface area contributed by atoms with E-state index in [1.165, 1.54) is 16.2 Å². The largest absolute Gasteiger partial charge is 0.481 e. The van der Waals surface area contributed by atoms with E-state index in [9.17, 15) is 9.59 Å². The summed E-state index contributed by atoms with van der Waals surface area (Å²) in [5.41, 5.74) is 0.822. The molecule has 11 nitrogen and oxygen atoms in total. The van der Waals surface area contributed by atoms with Gasteiger partial charge in [0.25, 0.3) is 0 Å². The molecule has 0 atom stereocenters. The summed E-state index contributed by atoms with van der Waals surface area (Å²) in [5.74, 6) is 0.300. The van der Waals surface area contributed by atoms with Gasteiger partial charge in [-0.25, -0.2) is 9.78 Å². The minimum absolute atomic E-state index is 0.118. The fourth-order valence-corrected chi connectivity index (χ4v) is 3.96. The summed E-state index contributed by atoms with van der Waals surface area (Å²) >= 11 is 6.51. The number of pyridine rings is 1. The first-order valence-electron chi connectivity index (χ1n) is 9.91. The molecule has 166 valence electrons. The highest BCUT2D eigenvalue weighted by molar-refractivity contribution is 7.73. The fourth-order valence-electron chi connectivity index (χ4n) is 2.91. The van der Waals surface area contributed by atoms with Crippen molar-refractivity contribution < 1.29 is 19.4 Å². The maximum atomic E-state index is 12.8. The number of fused-ring (bicyclic) bond motifs is 1. The van der Waals surface area contributed by atoms with Gasteiger partial charge in [-0.05, 0) is 56.5 Å². The quantitative estimate of drug-likeness (QED) is 0.270. The van der Waals surface area contributed by atoms with E-state index in [1.54, 1.807) is 6.07 Å². The molecule has 1 amide bonds. The normalized spacial score (nSPS) is 11.0. The molecule has 31 heavy (non-hydrogen) atoms. The average Bonchev–Trinajstić information content (AvgIpc) is 3.38. The summed E-state index contributed by atoms with van der Waals surface area (Å²) in [5, 5.41) is 22.5. The summed E-state index contributed by atoms with van der Waals surface area (Å²) in [4.78, 5) is 33.2. The Bertz CT molecular complexity index is 1050. The number of unbranched alkanes of at least 4 members (excludes halogenated alkanes) is 3. The van der Waals surface area contributed by atoms with E-state index in [-0.39, 0.29) is 13.0 Å². The van der Waals surface area contributed by atoms with Crippen molar-refractivity contribution in [2.45, 2.75) is 44.9 Å². The standard InChI is InChI=1S/C18H23N7O4S2/c26-15(27)7-2-1-5-11-29-18(28)25(10-4-3-6-13-21-23-24-22-13)14-9-8-12-16(20-14)31-17(30)19-12/h8-9H,1-7,10-11H2,(H,19,30)(H,26,27)(H,21,22,23,24). The zero-order valence-corrected chi connectivity index (χ0v) is 18.4. The van der Waals surface area contributed by atoms with Gasteiger partial charge in [0.15, 0.2) is 9.78 Å². The highest BCUT2D eigenvalue weighted by atomic mass is 32.1. The molecule has 3 aromatic rings. The first-order chi connectivity index (χ1) is 15.0. The van der Waals surface area contributed by atoms with Gasteiger partial charge in [-0.3, -0.25) is 9.69 Å². The summed E-state index contributed by atoms with van der Waals surface area (Å²) in [6.45, 7) is 0.646. The van der Waals surface area contributed by atoms with Crippen LogP contribution >= 0.6 is 23.6 Å². The summed E-state index contributed by atoms with van der Waals surface area (Å²) < 4.78 is 6.04. The van der Waals surface area contributed by atoms with E-state index < -0.39 is 12.1 Å². The lowest BCUT2D eigenvalue weighted by atomic mass is 10.2. The predicted octanol–water partition coefficient (Wildman–Crippen LogP) is 3.48. The summed E-state index contributed by atoms with van der Waals surface area (Å²) in [7, 11) is 0. The second kappa shape index (κ2) is 11.5. The number of aliphatic carboxylic acids is 1. The van der Waals surface area contributed by atoms with E-state index in [2.05, 4.69) is 30.6 Å². The maximum absolute atomic E-state index is 12.8. The number of carboxylic acid groups (broad SMARTS) is 1. The Labute approximate surface area is 186 Å². The highest BCUT2D eigenvalue weighted by Gasteiger charge is 2.19. The molecule has 0 aliphatic heterocycles. The Hall–Kier alpha value is -2.93. The van der Waals surface area contributed by atoms with E-state index in [0.717, 1.165) is 16.8 Å². The molecule has 0 fully saturated rings. The zero-order chi connectivity index (χ0) is 22.1. The maximum Gasteiger partial charge on any atom is 0.415 e. The number of ether oxygens (including phenoxy) is 1. The predicted molar refractivity (Wildman–Crippen MR) is 117 cm³/mol. The van der Waals surface area contributed by atoms with Crippen molar-refractivity contribution in [3.05, 3.63) is 21.9 Å². The van der Waals surface area contributed by atoms with Crippen LogP contribution < -0.4 is 4.90 Å². The Morgan fingerprint density at radius 1 is 1.19 bits per heavy atom. The third kappa shape index (κ3) is 7.07. The molecule has 0 bridgehead atoms. The number of nitrogens with one attached hydrogen (secondary N) is 2. The molecular weight excluding hydrogens is 442 g/mol. The number of carboxylic acids is 1. The van der Waals surface area contributed by atoms with Crippen LogP contribution in [0.2, 0.25) is 0 Å². The second-order valence-electron chi connectivity index (χ2n) is 6.79. The number of hydrogen-bond donors (Lipinski definition) is 3. The number of H-pyrrole nitrogens is 2. The number of carbonyl (C=O) groups is 2. The van der Waals surface area contributed by atoms with Crippen LogP contribution in [0.5, 0.6) is 0 Å². The number of aromatic nitrogens is 6. The lowest BCUT2D eigenvalue weighted by Gasteiger charge is -2.21. The number of rotatable bonds is 12. The van der Waals surface area contributed by atoms with Crippen LogP contribution in [0.25, 0.3) is 10.3 Å². The van der Waals surface area contributed by atoms with E-state index in [4.69, 9.17) is 22.1 Å². The van der Waals surface area contributed by atoms with Crippen LogP contribution in [0.15, 0.2) is 12.1 Å². The minimum Gasteiger partial charge on any atom is -0.481 e. The monoisotopic (exact) mass is 465 g/mol. The van der Waals surface area contributed by atoms with Gasteiger partial charge >= 0.3 is 12.1 Å². The SMILES string of the molecule is O=C(O)CCCCCOC(=O)N(CCCCc1nn[nH]n1)c1ccc2[nH]c(=S)sc2n1. The molecule has 0 aromatic carbocycles. The van der Waals surface area contributed by atoms with Crippen LogP contribution in [-0.4, -0.2) is 60.9 Å². The number of aryl methyl sites for hydroxylation is 1. The molecule has 0 aliphatic carbocycles. The fraction of sp³-hybridized carbons (Fsp3) is 0.500. The van der Waals surface area contributed by atoms with Crippen molar-refractivity contribution in [2.75, 3.05) is 18.1 Å². The summed E-state index contributed by atoms with van der Waals surface area (Å²) in [6.07, 6.45) is 3.60. The third-order valence-electron chi connectivity index (χ3n) is 4.45. The molecule has 3 rings (SSSR count). The van der Waals surface area contributed by atoms with E-state index >= 15 is 0 Å². The molecule has 3 N–H and O–H groups in total. The second-order valence-corrected chi connectivity index (χ2v) is 8.46. The van der Waals surface area contributed by atoms with Gasteiger partial charge in [0, 0.05) is 19.4 Å². The number of aromatic amines is 2. The Kier molecular flexibility index (Phi) is 8.41. The molecule has 3 aromatic heterocycles. The first-order valence-corrected chi connectivity index (χ1v) is 11.1. The van der Waals surface area contributed by atoms with Crippen LogP contribution in [0.3, 0.4) is 0 Å². The number of nitrogens with zero attached hydrogens (tertiary/aromatic N) is 5. The van der Waals surface area contributed by atoms with E-state index in [1.807, 2.05) is 6.07 Å². The van der Waals surface area contributed by atoms with Gasteiger partial charge in [-0.2, -0.15) is 5.21 Å². The Balaban J connectivity index is 1.59. The van der Waals surface area contributed by atoms with Crippen molar-refractivity contribution >= 4 is 51.8 Å². The van der Waals surface area contributed by atoms with Crippen molar-refractivity contribution in [3.8, 4) is 0 Å². The minimum atomic E-state index is -0.821. The molecule has 0 spiro atoms. The Morgan fingerprint density at radius 3 is 2.84 bits per heavy atom. The lowest BCUT2D eigenvalue weighted by molar-refractivity contribution is -0.137. The Morgan fingerprint density at radius 2 is 2.06 bits per heavy atom. The zero-order valence-electron chi connectivity index (χ0n) is 16.7. The number of hydrogen-bond acceptors (Lipinski definition) is 9. The van der Waals surface area contributed by atoms with Gasteiger partial charge in [0.05, 0.1) is 12.1 Å². The van der Waals surface area contributed by atoms with Crippen LogP contribution in [0, 0.1) is 3.95 Å². The van der Waals surface area contributed by atoms with Gasteiger partial charge < -0.3 is 14.8 Å².